The first kappa shape index (κ1) is 17.9. The van der Waals surface area contributed by atoms with Crippen LogP contribution in [0.3, 0.4) is 0 Å². The fourth-order valence-electron chi connectivity index (χ4n) is 3.05. The monoisotopic (exact) mass is 348 g/mol. The molecule has 1 aliphatic rings. The van der Waals surface area contributed by atoms with E-state index in [0.29, 0.717) is 11.7 Å². The Bertz CT molecular complexity index is 891. The van der Waals surface area contributed by atoms with E-state index in [9.17, 15) is 4.79 Å². The highest BCUT2D eigenvalue weighted by atomic mass is 16.5. The normalized spacial score (nSPS) is 18.5. The molecule has 0 saturated heterocycles. The number of rotatable bonds is 5. The lowest BCUT2D eigenvalue weighted by Crippen LogP contribution is -2.27. The molecule has 0 saturated carbocycles. The predicted octanol–water partition coefficient (Wildman–Crippen LogP) is 4.62. The highest BCUT2D eigenvalue weighted by molar-refractivity contribution is 6.01. The average Bonchev–Trinajstić information content (AvgIpc) is 2.65. The van der Waals surface area contributed by atoms with Crippen molar-refractivity contribution >= 4 is 22.4 Å². The standard InChI is InChI=1S/C22H24N2O2/c1-15(2)18-12-11-16(3)20(13-18)23-24-22(25)14-26-21-10-6-8-17-7-4-5-9-19(17)21/h4-11,18H,1,12-14H2,2-3H3,(H,24,25)/b23-20-/t18-/m0/s1. The quantitative estimate of drug-likeness (QED) is 0.633. The summed E-state index contributed by atoms with van der Waals surface area (Å²) in [7, 11) is 0. The van der Waals surface area contributed by atoms with Crippen molar-refractivity contribution < 1.29 is 9.53 Å². The second-order valence-electron chi connectivity index (χ2n) is 6.73. The summed E-state index contributed by atoms with van der Waals surface area (Å²) in [5.74, 6) is 0.818. The lowest BCUT2D eigenvalue weighted by molar-refractivity contribution is -0.123. The lowest BCUT2D eigenvalue weighted by Gasteiger charge is -2.22. The van der Waals surface area contributed by atoms with Gasteiger partial charge >= 0.3 is 0 Å². The zero-order valence-corrected chi connectivity index (χ0v) is 15.3. The molecule has 0 aliphatic heterocycles. The maximum atomic E-state index is 12.1. The molecule has 2 aromatic rings. The predicted molar refractivity (Wildman–Crippen MR) is 106 cm³/mol. The minimum absolute atomic E-state index is 0.0720. The highest BCUT2D eigenvalue weighted by Gasteiger charge is 2.18. The third kappa shape index (κ3) is 4.20. The molecule has 1 aliphatic carbocycles. The van der Waals surface area contributed by atoms with Gasteiger partial charge in [0.15, 0.2) is 6.61 Å². The SMILES string of the molecule is C=C(C)[C@H]1CC=C(C)/C(=N\NC(=O)COc2cccc3ccccc23)C1. The highest BCUT2D eigenvalue weighted by Crippen LogP contribution is 2.26. The summed E-state index contributed by atoms with van der Waals surface area (Å²) < 4.78 is 5.70. The van der Waals surface area contributed by atoms with Crippen molar-refractivity contribution in [2.45, 2.75) is 26.7 Å². The molecule has 3 rings (SSSR count). The van der Waals surface area contributed by atoms with Crippen molar-refractivity contribution in [1.29, 1.82) is 0 Å². The van der Waals surface area contributed by atoms with E-state index in [2.05, 4.69) is 23.2 Å². The molecule has 1 amide bonds. The van der Waals surface area contributed by atoms with Crippen molar-refractivity contribution in [2.24, 2.45) is 11.0 Å². The third-order valence-corrected chi connectivity index (χ3v) is 4.72. The van der Waals surface area contributed by atoms with Crippen molar-refractivity contribution in [3.05, 3.63) is 66.3 Å². The fourth-order valence-corrected chi connectivity index (χ4v) is 3.05. The van der Waals surface area contributed by atoms with Gasteiger partial charge in [-0.25, -0.2) is 5.43 Å². The Hall–Kier alpha value is -2.88. The van der Waals surface area contributed by atoms with Gasteiger partial charge < -0.3 is 4.74 Å². The summed E-state index contributed by atoms with van der Waals surface area (Å²) in [6, 6.07) is 13.7. The number of carbonyl (C=O) groups excluding carboxylic acids is 1. The van der Waals surface area contributed by atoms with E-state index in [4.69, 9.17) is 4.74 Å². The number of hydrogen-bond donors (Lipinski definition) is 1. The smallest absolute Gasteiger partial charge is 0.277 e. The van der Waals surface area contributed by atoms with Gasteiger partial charge in [0.05, 0.1) is 5.71 Å². The molecule has 0 bridgehead atoms. The number of nitrogens with one attached hydrogen (secondary N) is 1. The van der Waals surface area contributed by atoms with Crippen molar-refractivity contribution in [3.8, 4) is 5.75 Å². The number of allylic oxidation sites excluding steroid dienone is 3. The summed E-state index contributed by atoms with van der Waals surface area (Å²) in [4.78, 5) is 12.1. The van der Waals surface area contributed by atoms with Crippen molar-refractivity contribution in [1.82, 2.24) is 5.43 Å². The molecule has 0 spiro atoms. The lowest BCUT2D eigenvalue weighted by atomic mass is 9.85. The van der Waals surface area contributed by atoms with E-state index in [1.807, 2.05) is 56.3 Å². The molecule has 0 radical (unpaired) electrons. The summed E-state index contributed by atoms with van der Waals surface area (Å²) in [6.45, 7) is 8.01. The summed E-state index contributed by atoms with van der Waals surface area (Å²) in [5.41, 5.74) is 5.77. The van der Waals surface area contributed by atoms with Crippen LogP contribution in [0.4, 0.5) is 0 Å². The molecular weight excluding hydrogens is 324 g/mol. The second-order valence-corrected chi connectivity index (χ2v) is 6.73. The minimum Gasteiger partial charge on any atom is -0.483 e. The molecule has 4 nitrogen and oxygen atoms in total. The fraction of sp³-hybridized carbons (Fsp3) is 0.273. The topological polar surface area (TPSA) is 50.7 Å². The molecule has 0 heterocycles. The molecule has 134 valence electrons. The summed E-state index contributed by atoms with van der Waals surface area (Å²) in [5, 5.41) is 6.37. The van der Waals surface area contributed by atoms with Crippen LogP contribution in [0.2, 0.25) is 0 Å². The molecule has 0 aromatic heterocycles. The molecule has 1 atom stereocenters. The Morgan fingerprint density at radius 3 is 2.85 bits per heavy atom. The zero-order chi connectivity index (χ0) is 18.5. The summed E-state index contributed by atoms with van der Waals surface area (Å²) in [6.07, 6.45) is 3.95. The first-order chi connectivity index (χ1) is 12.5. The van der Waals surface area contributed by atoms with Crippen LogP contribution in [0.15, 0.2) is 71.4 Å². The number of nitrogens with zero attached hydrogens (tertiary/aromatic N) is 1. The average molecular weight is 348 g/mol. The molecule has 1 N–H and O–H groups in total. The maximum Gasteiger partial charge on any atom is 0.277 e. The Morgan fingerprint density at radius 2 is 2.04 bits per heavy atom. The van der Waals surface area contributed by atoms with Gasteiger partial charge in [-0.2, -0.15) is 5.10 Å². The van der Waals surface area contributed by atoms with E-state index in [1.54, 1.807) is 0 Å². The molecular formula is C22H24N2O2. The Labute approximate surface area is 154 Å². The number of fused-ring (bicyclic) bond motifs is 1. The van der Waals surface area contributed by atoms with E-state index in [0.717, 1.165) is 40.5 Å². The molecule has 2 aromatic carbocycles. The van der Waals surface area contributed by atoms with E-state index < -0.39 is 0 Å². The first-order valence-corrected chi connectivity index (χ1v) is 8.83. The van der Waals surface area contributed by atoms with Crippen LogP contribution < -0.4 is 10.2 Å². The molecule has 4 heteroatoms. The van der Waals surface area contributed by atoms with Crippen molar-refractivity contribution in [3.63, 3.8) is 0 Å². The van der Waals surface area contributed by atoms with Crippen LogP contribution in [0.1, 0.15) is 26.7 Å². The van der Waals surface area contributed by atoms with Crippen LogP contribution >= 0.6 is 0 Å². The number of ether oxygens (including phenoxy) is 1. The number of benzene rings is 2. The van der Waals surface area contributed by atoms with Gasteiger partial charge in [0.2, 0.25) is 0 Å². The number of hydrazone groups is 1. The number of hydrogen-bond acceptors (Lipinski definition) is 3. The van der Waals surface area contributed by atoms with Gasteiger partial charge in [0.1, 0.15) is 5.75 Å². The van der Waals surface area contributed by atoms with Crippen LogP contribution in [0, 0.1) is 5.92 Å². The van der Waals surface area contributed by atoms with Crippen molar-refractivity contribution in [2.75, 3.05) is 6.61 Å². The molecule has 0 fully saturated rings. The van der Waals surface area contributed by atoms with E-state index in [-0.39, 0.29) is 12.5 Å². The van der Waals surface area contributed by atoms with E-state index in [1.165, 1.54) is 0 Å². The van der Waals surface area contributed by atoms with Gasteiger partial charge in [0.25, 0.3) is 5.91 Å². The van der Waals surface area contributed by atoms with Crippen LogP contribution in [0.25, 0.3) is 10.8 Å². The molecule has 0 unspecified atom stereocenters. The van der Waals surface area contributed by atoms with Crippen LogP contribution in [-0.2, 0) is 4.79 Å². The minimum atomic E-state index is -0.268. The van der Waals surface area contributed by atoms with Gasteiger partial charge in [0, 0.05) is 5.39 Å². The first-order valence-electron chi connectivity index (χ1n) is 8.83. The zero-order valence-electron chi connectivity index (χ0n) is 15.3. The second kappa shape index (κ2) is 8.00. The van der Waals surface area contributed by atoms with Gasteiger partial charge in [-0.15, -0.1) is 0 Å². The van der Waals surface area contributed by atoms with Crippen LogP contribution in [-0.4, -0.2) is 18.2 Å². The maximum absolute atomic E-state index is 12.1. The Balaban J connectivity index is 1.61. The number of carbonyl (C=O) groups is 1. The van der Waals surface area contributed by atoms with E-state index >= 15 is 0 Å². The Kier molecular flexibility index (Phi) is 5.52. The third-order valence-electron chi connectivity index (χ3n) is 4.72. The number of amides is 1. The van der Waals surface area contributed by atoms with Gasteiger partial charge in [-0.3, -0.25) is 4.79 Å². The Morgan fingerprint density at radius 1 is 1.27 bits per heavy atom. The summed E-state index contributed by atoms with van der Waals surface area (Å²) >= 11 is 0. The van der Waals surface area contributed by atoms with Gasteiger partial charge in [-0.05, 0) is 49.6 Å². The largest absolute Gasteiger partial charge is 0.483 e. The van der Waals surface area contributed by atoms with Crippen LogP contribution in [0.5, 0.6) is 5.75 Å². The molecule has 26 heavy (non-hydrogen) atoms. The van der Waals surface area contributed by atoms with Gasteiger partial charge in [-0.1, -0.05) is 54.6 Å².